The molecule has 3 rings (SSSR count). The molecule has 1 aromatic rings. The summed E-state index contributed by atoms with van der Waals surface area (Å²) < 4.78 is 5.97. The Morgan fingerprint density at radius 1 is 1.46 bits per heavy atom. The standard InChI is InChI=1S/C18H26N4O2/c1-2-8-19-18(23)14-6-7-17(20-10-14)21-11-16-12-22-9-4-3-5-15(22)13-24-16/h2,6-7,10,15-16H,1,3-5,8-9,11-13H2,(H,19,23)(H,20,21)/t15-,16+/m0/s1. The van der Waals surface area contributed by atoms with E-state index in [9.17, 15) is 4.79 Å². The van der Waals surface area contributed by atoms with Crippen molar-refractivity contribution in [3.63, 3.8) is 0 Å². The maximum atomic E-state index is 11.8. The van der Waals surface area contributed by atoms with Gasteiger partial charge < -0.3 is 15.4 Å². The first-order valence-corrected chi connectivity index (χ1v) is 8.71. The third-order valence-corrected chi connectivity index (χ3v) is 4.66. The highest BCUT2D eigenvalue weighted by Crippen LogP contribution is 2.22. The van der Waals surface area contributed by atoms with Gasteiger partial charge in [0.2, 0.25) is 0 Å². The van der Waals surface area contributed by atoms with E-state index in [4.69, 9.17) is 4.74 Å². The van der Waals surface area contributed by atoms with Crippen LogP contribution in [0.5, 0.6) is 0 Å². The zero-order valence-corrected chi connectivity index (χ0v) is 14.0. The van der Waals surface area contributed by atoms with Crippen molar-refractivity contribution in [3.05, 3.63) is 36.5 Å². The van der Waals surface area contributed by atoms with Crippen molar-refractivity contribution >= 4 is 11.7 Å². The Hall–Kier alpha value is -1.92. The van der Waals surface area contributed by atoms with Gasteiger partial charge in [-0.3, -0.25) is 9.69 Å². The first-order chi connectivity index (χ1) is 11.8. The first-order valence-electron chi connectivity index (χ1n) is 8.71. The Morgan fingerprint density at radius 3 is 3.17 bits per heavy atom. The quantitative estimate of drug-likeness (QED) is 0.777. The van der Waals surface area contributed by atoms with Crippen LogP contribution in [0.3, 0.4) is 0 Å². The lowest BCUT2D eigenvalue weighted by Crippen LogP contribution is -2.53. The second kappa shape index (κ2) is 8.26. The highest BCUT2D eigenvalue weighted by molar-refractivity contribution is 5.94. The lowest BCUT2D eigenvalue weighted by molar-refractivity contribution is -0.0689. The molecule has 2 aliphatic rings. The molecule has 0 bridgehead atoms. The molecule has 2 N–H and O–H groups in total. The van der Waals surface area contributed by atoms with E-state index in [0.29, 0.717) is 18.2 Å². The Balaban J connectivity index is 1.46. The molecule has 2 atom stereocenters. The van der Waals surface area contributed by atoms with Gasteiger partial charge in [-0.15, -0.1) is 6.58 Å². The fourth-order valence-corrected chi connectivity index (χ4v) is 3.29. The molecule has 0 unspecified atom stereocenters. The third kappa shape index (κ3) is 4.33. The summed E-state index contributed by atoms with van der Waals surface area (Å²) in [6.07, 6.45) is 7.31. The number of hydrogen-bond acceptors (Lipinski definition) is 5. The monoisotopic (exact) mass is 330 g/mol. The zero-order chi connectivity index (χ0) is 16.8. The number of fused-ring (bicyclic) bond motifs is 1. The summed E-state index contributed by atoms with van der Waals surface area (Å²) in [6.45, 7) is 7.78. The number of carbonyl (C=O) groups excluding carboxylic acids is 1. The second-order valence-corrected chi connectivity index (χ2v) is 6.41. The summed E-state index contributed by atoms with van der Waals surface area (Å²) in [4.78, 5) is 18.7. The summed E-state index contributed by atoms with van der Waals surface area (Å²) in [5.41, 5.74) is 0.549. The minimum Gasteiger partial charge on any atom is -0.373 e. The molecule has 0 aliphatic carbocycles. The second-order valence-electron chi connectivity index (χ2n) is 6.41. The van der Waals surface area contributed by atoms with Crippen LogP contribution in [-0.2, 0) is 4.74 Å². The molecule has 0 saturated carbocycles. The van der Waals surface area contributed by atoms with Crippen LogP contribution >= 0.6 is 0 Å². The van der Waals surface area contributed by atoms with Gasteiger partial charge in [-0.1, -0.05) is 12.5 Å². The van der Waals surface area contributed by atoms with Crippen LogP contribution in [-0.4, -0.2) is 60.7 Å². The average molecular weight is 330 g/mol. The largest absolute Gasteiger partial charge is 0.373 e. The van der Waals surface area contributed by atoms with Crippen molar-refractivity contribution in [2.24, 2.45) is 0 Å². The number of amides is 1. The molecule has 2 aliphatic heterocycles. The van der Waals surface area contributed by atoms with Gasteiger partial charge in [0.05, 0.1) is 18.3 Å². The molecule has 1 amide bonds. The van der Waals surface area contributed by atoms with Crippen LogP contribution in [0.25, 0.3) is 0 Å². The number of anilines is 1. The molecule has 1 aromatic heterocycles. The molecule has 2 saturated heterocycles. The minimum absolute atomic E-state index is 0.138. The number of ether oxygens (including phenoxy) is 1. The number of pyridine rings is 1. The molecule has 130 valence electrons. The van der Waals surface area contributed by atoms with Crippen LogP contribution in [0, 0.1) is 0 Å². The van der Waals surface area contributed by atoms with Gasteiger partial charge in [0.25, 0.3) is 5.91 Å². The van der Waals surface area contributed by atoms with E-state index in [1.807, 2.05) is 6.07 Å². The van der Waals surface area contributed by atoms with Gasteiger partial charge in [0, 0.05) is 31.9 Å². The number of hydrogen-bond donors (Lipinski definition) is 2. The van der Waals surface area contributed by atoms with Gasteiger partial charge in [-0.25, -0.2) is 4.98 Å². The van der Waals surface area contributed by atoms with Crippen LogP contribution in [0.2, 0.25) is 0 Å². The molecular formula is C18H26N4O2. The molecule has 24 heavy (non-hydrogen) atoms. The molecule has 6 heteroatoms. The number of morpholine rings is 1. The highest BCUT2D eigenvalue weighted by Gasteiger charge is 2.30. The first kappa shape index (κ1) is 16.9. The number of aromatic nitrogens is 1. The number of nitrogens with one attached hydrogen (secondary N) is 2. The van der Waals surface area contributed by atoms with Gasteiger partial charge in [-0.05, 0) is 31.5 Å². The van der Waals surface area contributed by atoms with Crippen LogP contribution in [0.15, 0.2) is 31.0 Å². The van der Waals surface area contributed by atoms with Gasteiger partial charge in [-0.2, -0.15) is 0 Å². The van der Waals surface area contributed by atoms with E-state index in [0.717, 1.165) is 25.5 Å². The van der Waals surface area contributed by atoms with E-state index in [1.54, 1.807) is 18.3 Å². The predicted molar refractivity (Wildman–Crippen MR) is 94.2 cm³/mol. The molecule has 0 aromatic carbocycles. The topological polar surface area (TPSA) is 66.5 Å². The predicted octanol–water partition coefficient (Wildman–Crippen LogP) is 1.66. The van der Waals surface area contributed by atoms with Crippen molar-refractivity contribution < 1.29 is 9.53 Å². The summed E-state index contributed by atoms with van der Waals surface area (Å²) in [5, 5.41) is 6.04. The van der Waals surface area contributed by atoms with Crippen molar-refractivity contribution in [1.82, 2.24) is 15.2 Å². The van der Waals surface area contributed by atoms with Crippen molar-refractivity contribution in [3.8, 4) is 0 Å². The third-order valence-electron chi connectivity index (χ3n) is 4.66. The summed E-state index contributed by atoms with van der Waals surface area (Å²) in [5.74, 6) is 0.625. The molecule has 2 fully saturated rings. The van der Waals surface area contributed by atoms with E-state index in [1.165, 1.54) is 25.8 Å². The van der Waals surface area contributed by atoms with Crippen molar-refractivity contribution in [1.29, 1.82) is 0 Å². The van der Waals surface area contributed by atoms with Gasteiger partial charge >= 0.3 is 0 Å². The van der Waals surface area contributed by atoms with Crippen LogP contribution < -0.4 is 10.6 Å². The summed E-state index contributed by atoms with van der Waals surface area (Å²) in [7, 11) is 0. The maximum absolute atomic E-state index is 11.8. The zero-order valence-electron chi connectivity index (χ0n) is 14.0. The fraction of sp³-hybridized carbons (Fsp3) is 0.556. The van der Waals surface area contributed by atoms with Gasteiger partial charge in [0.1, 0.15) is 5.82 Å². The summed E-state index contributed by atoms with van der Waals surface area (Å²) >= 11 is 0. The lowest BCUT2D eigenvalue weighted by atomic mass is 10.0. The van der Waals surface area contributed by atoms with E-state index >= 15 is 0 Å². The molecular weight excluding hydrogens is 304 g/mol. The van der Waals surface area contributed by atoms with Crippen molar-refractivity contribution in [2.75, 3.05) is 38.1 Å². The molecule has 3 heterocycles. The normalized spacial score (nSPS) is 24.0. The van der Waals surface area contributed by atoms with E-state index in [2.05, 4.69) is 27.1 Å². The fourth-order valence-electron chi connectivity index (χ4n) is 3.29. The lowest BCUT2D eigenvalue weighted by Gasteiger charge is -2.42. The SMILES string of the molecule is C=CCNC(=O)c1ccc(NC[C@@H]2CN3CCCC[C@H]3CO2)nc1. The Bertz CT molecular complexity index is 561. The number of nitrogens with zero attached hydrogens (tertiary/aromatic N) is 2. The number of piperidine rings is 1. The number of rotatable bonds is 6. The Labute approximate surface area is 143 Å². The van der Waals surface area contributed by atoms with Crippen LogP contribution in [0.4, 0.5) is 5.82 Å². The smallest absolute Gasteiger partial charge is 0.253 e. The Kier molecular flexibility index (Phi) is 5.82. The maximum Gasteiger partial charge on any atom is 0.253 e. The number of carbonyl (C=O) groups is 1. The van der Waals surface area contributed by atoms with Crippen LogP contribution in [0.1, 0.15) is 29.6 Å². The Morgan fingerprint density at radius 2 is 2.38 bits per heavy atom. The van der Waals surface area contributed by atoms with Gasteiger partial charge in [0.15, 0.2) is 0 Å². The van der Waals surface area contributed by atoms with E-state index < -0.39 is 0 Å². The highest BCUT2D eigenvalue weighted by atomic mass is 16.5. The van der Waals surface area contributed by atoms with Crippen molar-refractivity contribution in [2.45, 2.75) is 31.4 Å². The molecule has 0 radical (unpaired) electrons. The minimum atomic E-state index is -0.138. The molecule has 6 nitrogen and oxygen atoms in total. The van der Waals surface area contributed by atoms with E-state index in [-0.39, 0.29) is 12.0 Å². The summed E-state index contributed by atoms with van der Waals surface area (Å²) in [6, 6.07) is 4.22. The average Bonchev–Trinajstić information content (AvgIpc) is 2.64. The molecule has 0 spiro atoms.